The van der Waals surface area contributed by atoms with E-state index in [1.165, 1.54) is 0 Å². The highest BCUT2D eigenvalue weighted by atomic mass is 32.2. The van der Waals surface area contributed by atoms with Crippen LogP contribution in [0.2, 0.25) is 0 Å². The number of nitrogen functional groups attached to an aromatic ring is 1. The Balaban J connectivity index is 3.12. The number of carbonyl (C=O) groups is 1. The lowest BCUT2D eigenvalue weighted by atomic mass is 9.89. The van der Waals surface area contributed by atoms with Crippen molar-refractivity contribution in [2.75, 3.05) is 11.5 Å². The first-order valence-electron chi connectivity index (χ1n) is 6.06. The number of nitrogens with zero attached hydrogens (tertiary/aromatic N) is 3. The summed E-state index contributed by atoms with van der Waals surface area (Å²) < 4.78 is 1.89. The number of nitrogens with two attached hydrogens (primary N) is 1. The molecule has 1 aromatic rings. The minimum absolute atomic E-state index is 0.0364. The van der Waals surface area contributed by atoms with Gasteiger partial charge in [0.25, 0.3) is 0 Å². The Morgan fingerprint density at radius 1 is 1.33 bits per heavy atom. The SMILES string of the molecule is CCC(CC)(CC)n1c(N)nnc1SCC(=O)O. The fraction of sp³-hybridized carbons (Fsp3) is 0.727. The van der Waals surface area contributed by atoms with Crippen molar-refractivity contribution in [1.82, 2.24) is 14.8 Å². The molecule has 0 aliphatic heterocycles. The van der Waals surface area contributed by atoms with Crippen LogP contribution in [0.3, 0.4) is 0 Å². The van der Waals surface area contributed by atoms with E-state index in [4.69, 9.17) is 10.8 Å². The third kappa shape index (κ3) is 2.77. The predicted molar refractivity (Wildman–Crippen MR) is 71.6 cm³/mol. The van der Waals surface area contributed by atoms with Crippen LogP contribution < -0.4 is 5.73 Å². The average Bonchev–Trinajstić information content (AvgIpc) is 2.72. The van der Waals surface area contributed by atoms with E-state index in [2.05, 4.69) is 31.0 Å². The van der Waals surface area contributed by atoms with Crippen molar-refractivity contribution in [2.24, 2.45) is 0 Å². The highest BCUT2D eigenvalue weighted by Gasteiger charge is 2.31. The number of anilines is 1. The first-order valence-corrected chi connectivity index (χ1v) is 7.05. The first kappa shape index (κ1) is 14.8. The lowest BCUT2D eigenvalue weighted by molar-refractivity contribution is -0.133. The summed E-state index contributed by atoms with van der Waals surface area (Å²) in [4.78, 5) is 10.6. The number of aliphatic carboxylic acids is 1. The molecule has 0 aliphatic rings. The van der Waals surface area contributed by atoms with Gasteiger partial charge in [0.15, 0.2) is 5.16 Å². The van der Waals surface area contributed by atoms with Crippen LogP contribution in [0.25, 0.3) is 0 Å². The number of aromatic nitrogens is 3. The van der Waals surface area contributed by atoms with Crippen LogP contribution in [-0.2, 0) is 10.3 Å². The predicted octanol–water partition coefficient (Wildman–Crippen LogP) is 1.96. The van der Waals surface area contributed by atoms with Gasteiger partial charge in [-0.15, -0.1) is 10.2 Å². The summed E-state index contributed by atoms with van der Waals surface area (Å²) in [6.45, 7) is 6.29. The van der Waals surface area contributed by atoms with E-state index in [1.807, 2.05) is 4.57 Å². The van der Waals surface area contributed by atoms with Gasteiger partial charge < -0.3 is 10.8 Å². The molecule has 0 fully saturated rings. The Hall–Kier alpha value is -1.24. The lowest BCUT2D eigenvalue weighted by Crippen LogP contribution is -2.33. The number of carboxylic acid groups (broad SMARTS) is 1. The number of carboxylic acids is 1. The van der Waals surface area contributed by atoms with Gasteiger partial charge in [0.1, 0.15) is 0 Å². The molecular weight excluding hydrogens is 252 g/mol. The minimum Gasteiger partial charge on any atom is -0.481 e. The number of hydrogen-bond acceptors (Lipinski definition) is 5. The van der Waals surface area contributed by atoms with Crippen molar-refractivity contribution in [2.45, 2.75) is 50.7 Å². The molecule has 18 heavy (non-hydrogen) atoms. The smallest absolute Gasteiger partial charge is 0.313 e. The molecule has 0 aromatic carbocycles. The van der Waals surface area contributed by atoms with Gasteiger partial charge in [-0.25, -0.2) is 0 Å². The van der Waals surface area contributed by atoms with Crippen molar-refractivity contribution in [3.05, 3.63) is 0 Å². The molecule has 0 aliphatic carbocycles. The maximum Gasteiger partial charge on any atom is 0.313 e. The molecular formula is C11H20N4O2S. The van der Waals surface area contributed by atoms with Crippen molar-refractivity contribution in [1.29, 1.82) is 0 Å². The number of rotatable bonds is 7. The molecule has 0 saturated heterocycles. The van der Waals surface area contributed by atoms with E-state index < -0.39 is 5.97 Å². The van der Waals surface area contributed by atoms with Crippen molar-refractivity contribution in [3.63, 3.8) is 0 Å². The summed E-state index contributed by atoms with van der Waals surface area (Å²) >= 11 is 1.16. The van der Waals surface area contributed by atoms with Gasteiger partial charge in [0.2, 0.25) is 5.95 Å². The molecule has 7 heteroatoms. The van der Waals surface area contributed by atoms with Crippen LogP contribution in [0.15, 0.2) is 5.16 Å². The van der Waals surface area contributed by atoms with Crippen molar-refractivity contribution < 1.29 is 9.90 Å². The average molecular weight is 272 g/mol. The molecule has 0 radical (unpaired) electrons. The van der Waals surface area contributed by atoms with E-state index >= 15 is 0 Å². The van der Waals surface area contributed by atoms with Gasteiger partial charge >= 0.3 is 5.97 Å². The third-order valence-corrected chi connectivity index (χ3v) is 4.35. The molecule has 1 rings (SSSR count). The van der Waals surface area contributed by atoms with E-state index in [9.17, 15) is 4.79 Å². The Morgan fingerprint density at radius 3 is 2.33 bits per heavy atom. The highest BCUT2D eigenvalue weighted by Crippen LogP contribution is 2.35. The standard InChI is InChI=1S/C11H20N4O2S/c1-4-11(5-2,6-3)15-9(12)13-14-10(15)18-7-8(16)17/h4-7H2,1-3H3,(H2,12,13)(H,16,17). The lowest BCUT2D eigenvalue weighted by Gasteiger charge is -2.33. The third-order valence-electron chi connectivity index (χ3n) is 3.43. The zero-order valence-corrected chi connectivity index (χ0v) is 11.8. The summed E-state index contributed by atoms with van der Waals surface area (Å²) in [5.74, 6) is -0.553. The molecule has 0 spiro atoms. The van der Waals surface area contributed by atoms with Gasteiger partial charge in [0, 0.05) is 5.54 Å². The second-order valence-electron chi connectivity index (χ2n) is 4.14. The molecule has 0 saturated carbocycles. The van der Waals surface area contributed by atoms with E-state index in [-0.39, 0.29) is 11.3 Å². The quantitative estimate of drug-likeness (QED) is 0.737. The van der Waals surface area contributed by atoms with Crippen LogP contribution in [0.5, 0.6) is 0 Å². The van der Waals surface area contributed by atoms with E-state index in [0.717, 1.165) is 31.0 Å². The highest BCUT2D eigenvalue weighted by molar-refractivity contribution is 7.99. The minimum atomic E-state index is -0.872. The van der Waals surface area contributed by atoms with Gasteiger partial charge in [-0.1, -0.05) is 32.5 Å². The van der Waals surface area contributed by atoms with Gasteiger partial charge in [0.05, 0.1) is 5.75 Å². The Bertz CT molecular complexity index is 407. The van der Waals surface area contributed by atoms with Gasteiger partial charge in [-0.3, -0.25) is 9.36 Å². The summed E-state index contributed by atoms with van der Waals surface area (Å²) in [5, 5.41) is 17.2. The molecule has 0 bridgehead atoms. The molecule has 102 valence electrons. The van der Waals surface area contributed by atoms with Gasteiger partial charge in [-0.2, -0.15) is 0 Å². The second-order valence-corrected chi connectivity index (χ2v) is 5.09. The fourth-order valence-electron chi connectivity index (χ4n) is 2.17. The molecule has 1 heterocycles. The van der Waals surface area contributed by atoms with E-state index in [0.29, 0.717) is 11.1 Å². The van der Waals surface area contributed by atoms with Crippen LogP contribution in [0.1, 0.15) is 40.0 Å². The van der Waals surface area contributed by atoms with Crippen LogP contribution in [-0.4, -0.2) is 31.6 Å². The maximum atomic E-state index is 10.6. The molecule has 1 aromatic heterocycles. The molecule has 0 amide bonds. The Morgan fingerprint density at radius 2 is 1.89 bits per heavy atom. The van der Waals surface area contributed by atoms with Crippen LogP contribution in [0.4, 0.5) is 5.95 Å². The van der Waals surface area contributed by atoms with E-state index in [1.54, 1.807) is 0 Å². The van der Waals surface area contributed by atoms with Gasteiger partial charge in [-0.05, 0) is 19.3 Å². The molecule has 6 nitrogen and oxygen atoms in total. The molecule has 0 atom stereocenters. The fourth-order valence-corrected chi connectivity index (χ4v) is 2.94. The zero-order valence-electron chi connectivity index (χ0n) is 11.0. The molecule has 3 N–H and O–H groups in total. The largest absolute Gasteiger partial charge is 0.481 e. The summed E-state index contributed by atoms with van der Waals surface area (Å²) in [6.07, 6.45) is 2.72. The first-order chi connectivity index (χ1) is 8.50. The summed E-state index contributed by atoms with van der Waals surface area (Å²) in [7, 11) is 0. The normalized spacial score (nSPS) is 11.7. The summed E-state index contributed by atoms with van der Waals surface area (Å²) in [5.41, 5.74) is 5.76. The van der Waals surface area contributed by atoms with Crippen LogP contribution >= 0.6 is 11.8 Å². The van der Waals surface area contributed by atoms with Crippen molar-refractivity contribution >= 4 is 23.7 Å². The monoisotopic (exact) mass is 272 g/mol. The van der Waals surface area contributed by atoms with Crippen LogP contribution in [0, 0.1) is 0 Å². The molecule has 0 unspecified atom stereocenters. The summed E-state index contributed by atoms with van der Waals surface area (Å²) in [6, 6.07) is 0. The number of thioether (sulfide) groups is 1. The topological polar surface area (TPSA) is 94.0 Å². The second kappa shape index (κ2) is 6.08. The number of hydrogen-bond donors (Lipinski definition) is 2. The maximum absolute atomic E-state index is 10.6. The Kier molecular flexibility index (Phi) is 5.01. The Labute approximate surface area is 111 Å². The van der Waals surface area contributed by atoms with Crippen molar-refractivity contribution in [3.8, 4) is 0 Å². The zero-order chi connectivity index (χ0) is 13.8.